The minimum atomic E-state index is 0.337. The van der Waals surface area contributed by atoms with E-state index in [1.807, 2.05) is 40.4 Å². The second-order valence-electron chi connectivity index (χ2n) is 5.89. The van der Waals surface area contributed by atoms with E-state index in [0.717, 1.165) is 42.7 Å². The lowest BCUT2D eigenvalue weighted by Crippen LogP contribution is -2.47. The van der Waals surface area contributed by atoms with E-state index in [1.165, 1.54) is 0 Å². The van der Waals surface area contributed by atoms with Crippen LogP contribution in [0.4, 0.5) is 5.82 Å². The van der Waals surface area contributed by atoms with E-state index in [9.17, 15) is 5.26 Å². The Morgan fingerprint density at radius 1 is 1.25 bits per heavy atom. The standard InChI is InChI=1S/C17H18N6S/c1-13(17-19-5-11-24-17)21-7-9-22(10-8-21)16-14(12-18)23-6-3-2-4-15(23)20-16/h2-6,11,13H,7-10H2,1H3. The Labute approximate surface area is 144 Å². The lowest BCUT2D eigenvalue weighted by molar-refractivity contribution is 0.198. The molecule has 1 fully saturated rings. The largest absolute Gasteiger partial charge is 0.352 e. The van der Waals surface area contributed by atoms with Gasteiger partial charge in [0.15, 0.2) is 11.5 Å². The van der Waals surface area contributed by atoms with Crippen molar-refractivity contribution < 1.29 is 0 Å². The van der Waals surface area contributed by atoms with Crippen LogP contribution in [-0.4, -0.2) is 45.4 Å². The summed E-state index contributed by atoms with van der Waals surface area (Å²) in [7, 11) is 0. The van der Waals surface area contributed by atoms with E-state index in [2.05, 4.69) is 32.8 Å². The smallest absolute Gasteiger partial charge is 0.169 e. The van der Waals surface area contributed by atoms with Crippen molar-refractivity contribution in [1.82, 2.24) is 19.3 Å². The quantitative estimate of drug-likeness (QED) is 0.734. The average Bonchev–Trinajstić information content (AvgIpc) is 3.28. The lowest BCUT2D eigenvalue weighted by Gasteiger charge is -2.37. The first-order valence-electron chi connectivity index (χ1n) is 8.03. The molecule has 1 unspecified atom stereocenters. The van der Waals surface area contributed by atoms with Crippen molar-refractivity contribution in [3.63, 3.8) is 0 Å². The molecule has 0 aromatic carbocycles. The second-order valence-corrected chi connectivity index (χ2v) is 6.82. The number of piperazine rings is 1. The molecule has 0 amide bonds. The number of hydrogen-bond donors (Lipinski definition) is 0. The highest BCUT2D eigenvalue weighted by Crippen LogP contribution is 2.26. The van der Waals surface area contributed by atoms with Crippen molar-refractivity contribution in [3.8, 4) is 6.07 Å². The van der Waals surface area contributed by atoms with E-state index >= 15 is 0 Å². The van der Waals surface area contributed by atoms with Gasteiger partial charge < -0.3 is 4.90 Å². The van der Waals surface area contributed by atoms with Crippen molar-refractivity contribution in [2.75, 3.05) is 31.1 Å². The number of thiazole rings is 1. The van der Waals surface area contributed by atoms with E-state index in [1.54, 1.807) is 11.3 Å². The summed E-state index contributed by atoms with van der Waals surface area (Å²) in [6.07, 6.45) is 3.76. The third-order valence-corrected chi connectivity index (χ3v) is 5.53. The molecule has 1 atom stereocenters. The summed E-state index contributed by atoms with van der Waals surface area (Å²) >= 11 is 1.71. The van der Waals surface area contributed by atoms with Gasteiger partial charge in [-0.2, -0.15) is 5.26 Å². The summed E-state index contributed by atoms with van der Waals surface area (Å²) in [6.45, 7) is 5.83. The number of aromatic nitrogens is 3. The molecule has 6 nitrogen and oxygen atoms in total. The fourth-order valence-corrected chi connectivity index (χ4v) is 3.95. The monoisotopic (exact) mass is 338 g/mol. The number of hydrogen-bond acceptors (Lipinski definition) is 6. The maximum Gasteiger partial charge on any atom is 0.169 e. The van der Waals surface area contributed by atoms with E-state index in [4.69, 9.17) is 0 Å². The normalized spacial score (nSPS) is 17.1. The highest BCUT2D eigenvalue weighted by molar-refractivity contribution is 7.09. The molecular formula is C17H18N6S. The first-order valence-corrected chi connectivity index (χ1v) is 8.91. The Morgan fingerprint density at radius 2 is 2.08 bits per heavy atom. The van der Waals surface area contributed by atoms with Crippen molar-refractivity contribution in [3.05, 3.63) is 46.7 Å². The molecule has 1 aliphatic rings. The molecule has 3 aromatic rings. The molecule has 0 radical (unpaired) electrons. The Hall–Kier alpha value is -2.43. The number of fused-ring (bicyclic) bond motifs is 1. The predicted octanol–water partition coefficient (Wildman–Crippen LogP) is 2.55. The van der Waals surface area contributed by atoms with Gasteiger partial charge >= 0.3 is 0 Å². The van der Waals surface area contributed by atoms with Gasteiger partial charge in [0, 0.05) is 44.0 Å². The van der Waals surface area contributed by atoms with Crippen LogP contribution < -0.4 is 4.90 Å². The first kappa shape index (κ1) is 15.1. The number of rotatable bonds is 3. The molecule has 0 N–H and O–H groups in total. The zero-order valence-corrected chi connectivity index (χ0v) is 14.3. The van der Waals surface area contributed by atoms with Gasteiger partial charge in [-0.25, -0.2) is 9.97 Å². The highest BCUT2D eigenvalue weighted by atomic mass is 32.1. The molecule has 1 saturated heterocycles. The van der Waals surface area contributed by atoms with Crippen LogP contribution in [0.1, 0.15) is 23.7 Å². The number of pyridine rings is 1. The molecule has 4 heterocycles. The summed E-state index contributed by atoms with van der Waals surface area (Å²) in [5.74, 6) is 0.797. The minimum absolute atomic E-state index is 0.337. The fourth-order valence-electron chi connectivity index (χ4n) is 3.23. The summed E-state index contributed by atoms with van der Waals surface area (Å²) in [4.78, 5) is 13.8. The molecule has 24 heavy (non-hydrogen) atoms. The van der Waals surface area contributed by atoms with Crippen molar-refractivity contribution >= 4 is 22.8 Å². The molecule has 3 aromatic heterocycles. The van der Waals surface area contributed by atoms with E-state index in [0.29, 0.717) is 11.7 Å². The zero-order chi connectivity index (χ0) is 16.5. The molecule has 1 aliphatic heterocycles. The third-order valence-electron chi connectivity index (χ3n) is 4.59. The van der Waals surface area contributed by atoms with Crippen LogP contribution in [0, 0.1) is 11.3 Å². The Bertz CT molecular complexity index is 870. The van der Waals surface area contributed by atoms with Crippen LogP contribution in [0.3, 0.4) is 0 Å². The van der Waals surface area contributed by atoms with Crippen LogP contribution in [0.2, 0.25) is 0 Å². The second kappa shape index (κ2) is 6.23. The fraction of sp³-hybridized carbons (Fsp3) is 0.353. The maximum atomic E-state index is 9.55. The molecule has 7 heteroatoms. The molecule has 0 spiro atoms. The number of imidazole rings is 1. The van der Waals surface area contributed by atoms with Gasteiger partial charge in [-0.3, -0.25) is 9.30 Å². The van der Waals surface area contributed by atoms with Gasteiger partial charge in [-0.05, 0) is 19.1 Å². The van der Waals surface area contributed by atoms with Gasteiger partial charge in [-0.1, -0.05) is 6.07 Å². The summed E-state index contributed by atoms with van der Waals surface area (Å²) < 4.78 is 1.86. The molecule has 0 aliphatic carbocycles. The maximum absolute atomic E-state index is 9.55. The Kier molecular flexibility index (Phi) is 3.92. The number of nitrogens with zero attached hydrogens (tertiary/aromatic N) is 6. The van der Waals surface area contributed by atoms with Gasteiger partial charge in [0.1, 0.15) is 16.7 Å². The summed E-state index contributed by atoms with van der Waals surface area (Å²) in [5, 5.41) is 12.7. The van der Waals surface area contributed by atoms with Crippen LogP contribution in [0.5, 0.6) is 0 Å². The molecule has 0 saturated carbocycles. The van der Waals surface area contributed by atoms with Crippen LogP contribution in [0.25, 0.3) is 5.65 Å². The van der Waals surface area contributed by atoms with E-state index in [-0.39, 0.29) is 0 Å². The average molecular weight is 338 g/mol. The van der Waals surface area contributed by atoms with Crippen LogP contribution in [0.15, 0.2) is 36.0 Å². The summed E-state index contributed by atoms with van der Waals surface area (Å²) in [6, 6.07) is 8.45. The SMILES string of the molecule is CC(c1nccs1)N1CCN(c2nc3ccccn3c2C#N)CC1. The van der Waals surface area contributed by atoms with Crippen molar-refractivity contribution in [2.45, 2.75) is 13.0 Å². The molecule has 4 rings (SSSR count). The van der Waals surface area contributed by atoms with Crippen molar-refractivity contribution in [1.29, 1.82) is 5.26 Å². The topological polar surface area (TPSA) is 60.5 Å². The van der Waals surface area contributed by atoms with Gasteiger partial charge in [0.05, 0.1) is 6.04 Å². The van der Waals surface area contributed by atoms with Gasteiger partial charge in [0.25, 0.3) is 0 Å². The van der Waals surface area contributed by atoms with Gasteiger partial charge in [0.2, 0.25) is 0 Å². The predicted molar refractivity (Wildman–Crippen MR) is 94.2 cm³/mol. The van der Waals surface area contributed by atoms with Crippen molar-refractivity contribution in [2.24, 2.45) is 0 Å². The molecular weight excluding hydrogens is 320 g/mol. The zero-order valence-electron chi connectivity index (χ0n) is 13.5. The van der Waals surface area contributed by atoms with Crippen LogP contribution >= 0.6 is 11.3 Å². The number of nitriles is 1. The van der Waals surface area contributed by atoms with Gasteiger partial charge in [-0.15, -0.1) is 11.3 Å². The molecule has 122 valence electrons. The summed E-state index contributed by atoms with van der Waals surface area (Å²) in [5.41, 5.74) is 1.44. The minimum Gasteiger partial charge on any atom is -0.352 e. The molecule has 0 bridgehead atoms. The Balaban J connectivity index is 1.53. The van der Waals surface area contributed by atoms with Crippen LogP contribution in [-0.2, 0) is 0 Å². The lowest BCUT2D eigenvalue weighted by atomic mass is 10.2. The Morgan fingerprint density at radius 3 is 2.79 bits per heavy atom. The van der Waals surface area contributed by atoms with E-state index < -0.39 is 0 Å². The number of anilines is 1. The highest BCUT2D eigenvalue weighted by Gasteiger charge is 2.26. The first-order chi connectivity index (χ1) is 11.8. The third kappa shape index (κ3) is 2.54.